The first-order chi connectivity index (χ1) is 10.3. The summed E-state index contributed by atoms with van der Waals surface area (Å²) in [6.07, 6.45) is 1.08. The third-order valence-electron chi connectivity index (χ3n) is 3.98. The second-order valence-corrected chi connectivity index (χ2v) is 6.77. The number of amides is 1. The lowest BCUT2D eigenvalue weighted by molar-refractivity contribution is -0.131. The fraction of sp³-hybridized carbons (Fsp3) is 0.529. The number of nitrogens with zero attached hydrogens (tertiary/aromatic N) is 2. The normalized spacial score (nSPS) is 11.9. The molecule has 0 aliphatic heterocycles. The van der Waals surface area contributed by atoms with E-state index in [1.807, 2.05) is 32.2 Å². The Morgan fingerprint density at radius 2 is 2.14 bits per heavy atom. The van der Waals surface area contributed by atoms with Crippen LogP contribution in [0.1, 0.15) is 31.7 Å². The summed E-state index contributed by atoms with van der Waals surface area (Å²) in [5.74, 6) is 0.989. The molecule has 5 nitrogen and oxygen atoms in total. The average molecular weight is 302 g/mol. The molecule has 0 saturated carbocycles. The molecule has 0 unspecified atom stereocenters. The van der Waals surface area contributed by atoms with Gasteiger partial charge in [-0.05, 0) is 30.5 Å². The van der Waals surface area contributed by atoms with E-state index in [-0.39, 0.29) is 11.3 Å². The largest absolute Gasteiger partial charge is 0.345 e. The number of imidazole rings is 1. The van der Waals surface area contributed by atoms with Gasteiger partial charge >= 0.3 is 0 Å². The molecule has 1 heterocycles. The van der Waals surface area contributed by atoms with Gasteiger partial charge in [-0.2, -0.15) is 0 Å². The summed E-state index contributed by atoms with van der Waals surface area (Å²) in [5, 5.41) is 0. The van der Waals surface area contributed by atoms with Crippen LogP contribution < -0.4 is 5.73 Å². The topological polar surface area (TPSA) is 75.0 Å². The zero-order valence-corrected chi connectivity index (χ0v) is 13.9. The molecule has 0 fully saturated rings. The van der Waals surface area contributed by atoms with Crippen LogP contribution in [0, 0.1) is 12.3 Å². The second kappa shape index (κ2) is 6.48. The van der Waals surface area contributed by atoms with Crippen molar-refractivity contribution >= 4 is 16.9 Å². The van der Waals surface area contributed by atoms with E-state index < -0.39 is 0 Å². The van der Waals surface area contributed by atoms with Crippen LogP contribution in [0.15, 0.2) is 18.2 Å². The van der Waals surface area contributed by atoms with E-state index in [2.05, 4.69) is 23.8 Å². The molecule has 0 radical (unpaired) electrons. The van der Waals surface area contributed by atoms with Crippen LogP contribution in [-0.4, -0.2) is 40.9 Å². The van der Waals surface area contributed by atoms with Gasteiger partial charge in [-0.1, -0.05) is 26.0 Å². The summed E-state index contributed by atoms with van der Waals surface area (Å²) >= 11 is 0. The first-order valence-corrected chi connectivity index (χ1v) is 7.70. The number of aryl methyl sites for hydroxylation is 2. The number of nitrogens with one attached hydrogen (secondary N) is 1. The van der Waals surface area contributed by atoms with Crippen LogP contribution in [0.3, 0.4) is 0 Å². The molecule has 0 atom stereocenters. The Morgan fingerprint density at radius 3 is 2.77 bits per heavy atom. The maximum atomic E-state index is 12.2. The fourth-order valence-electron chi connectivity index (χ4n) is 2.56. The summed E-state index contributed by atoms with van der Waals surface area (Å²) in [6.45, 7) is 7.41. The van der Waals surface area contributed by atoms with Gasteiger partial charge in [-0.3, -0.25) is 4.79 Å². The third-order valence-corrected chi connectivity index (χ3v) is 3.98. The van der Waals surface area contributed by atoms with Crippen molar-refractivity contribution in [2.75, 3.05) is 20.1 Å². The lowest BCUT2D eigenvalue weighted by Gasteiger charge is -2.29. The minimum absolute atomic E-state index is 0.0547. The number of fused-ring (bicyclic) bond motifs is 1. The summed E-state index contributed by atoms with van der Waals surface area (Å²) in [4.78, 5) is 21.9. The maximum Gasteiger partial charge on any atom is 0.222 e. The highest BCUT2D eigenvalue weighted by atomic mass is 16.2. The van der Waals surface area contributed by atoms with E-state index in [4.69, 9.17) is 5.73 Å². The van der Waals surface area contributed by atoms with Gasteiger partial charge in [0.2, 0.25) is 5.91 Å². The van der Waals surface area contributed by atoms with E-state index >= 15 is 0 Å². The average Bonchev–Trinajstić information content (AvgIpc) is 2.89. The number of nitrogens with two attached hydrogens (primary N) is 1. The van der Waals surface area contributed by atoms with Gasteiger partial charge in [-0.15, -0.1) is 0 Å². The monoisotopic (exact) mass is 302 g/mol. The zero-order valence-electron chi connectivity index (χ0n) is 13.9. The number of para-hydroxylation sites is 1. The van der Waals surface area contributed by atoms with Gasteiger partial charge in [0.1, 0.15) is 5.82 Å². The number of benzene rings is 1. The van der Waals surface area contributed by atoms with E-state index in [0.29, 0.717) is 25.9 Å². The van der Waals surface area contributed by atoms with Crippen LogP contribution in [0.4, 0.5) is 0 Å². The van der Waals surface area contributed by atoms with Crippen molar-refractivity contribution in [1.29, 1.82) is 0 Å². The summed E-state index contributed by atoms with van der Waals surface area (Å²) < 4.78 is 0. The van der Waals surface area contributed by atoms with E-state index in [1.54, 1.807) is 4.90 Å². The van der Waals surface area contributed by atoms with Gasteiger partial charge < -0.3 is 15.6 Å². The van der Waals surface area contributed by atoms with Crippen molar-refractivity contribution in [2.24, 2.45) is 11.1 Å². The van der Waals surface area contributed by atoms with Crippen LogP contribution in [0.25, 0.3) is 11.0 Å². The summed E-state index contributed by atoms with van der Waals surface area (Å²) in [5.41, 5.74) is 8.83. The number of aromatic amines is 1. The van der Waals surface area contributed by atoms with Gasteiger partial charge in [0, 0.05) is 26.4 Å². The molecule has 0 saturated heterocycles. The molecule has 5 heteroatoms. The van der Waals surface area contributed by atoms with Gasteiger partial charge in [-0.25, -0.2) is 4.98 Å². The first kappa shape index (κ1) is 16.5. The predicted molar refractivity (Wildman–Crippen MR) is 89.6 cm³/mol. The molecule has 1 amide bonds. The highest BCUT2D eigenvalue weighted by Crippen LogP contribution is 2.17. The van der Waals surface area contributed by atoms with Crippen LogP contribution in [0.5, 0.6) is 0 Å². The molecule has 0 spiro atoms. The number of rotatable bonds is 6. The molecular weight excluding hydrogens is 276 g/mol. The number of carbonyl (C=O) groups is 1. The van der Waals surface area contributed by atoms with Crippen molar-refractivity contribution in [3.8, 4) is 0 Å². The number of carbonyl (C=O) groups excluding carboxylic acids is 1. The number of hydrogen-bond donors (Lipinski definition) is 2. The Labute approximate surface area is 131 Å². The van der Waals surface area contributed by atoms with Crippen LogP contribution >= 0.6 is 0 Å². The molecular formula is C17H26N4O. The lowest BCUT2D eigenvalue weighted by atomic mass is 9.93. The molecule has 1 aromatic heterocycles. The highest BCUT2D eigenvalue weighted by molar-refractivity contribution is 5.79. The summed E-state index contributed by atoms with van der Waals surface area (Å²) in [7, 11) is 1.84. The third kappa shape index (κ3) is 3.85. The minimum Gasteiger partial charge on any atom is -0.345 e. The fourth-order valence-corrected chi connectivity index (χ4v) is 2.56. The molecule has 0 aliphatic rings. The standard InChI is InChI=1S/C17H26N4O/c1-12-6-5-7-13-16(12)20-14(19-13)8-9-15(22)21(4)11-17(2,3)10-18/h5-7H,8-11,18H2,1-4H3,(H,19,20). The summed E-state index contributed by atoms with van der Waals surface area (Å²) in [6, 6.07) is 6.06. The molecule has 0 bridgehead atoms. The lowest BCUT2D eigenvalue weighted by Crippen LogP contribution is -2.39. The Kier molecular flexibility index (Phi) is 4.86. The number of hydrogen-bond acceptors (Lipinski definition) is 3. The van der Waals surface area contributed by atoms with Crippen molar-refractivity contribution < 1.29 is 4.79 Å². The number of H-pyrrole nitrogens is 1. The van der Waals surface area contributed by atoms with Crippen molar-refractivity contribution in [2.45, 2.75) is 33.6 Å². The molecule has 1 aromatic carbocycles. The molecule has 0 aliphatic carbocycles. The minimum atomic E-state index is -0.0547. The Balaban J connectivity index is 1.96. The van der Waals surface area contributed by atoms with Gasteiger partial charge in [0.05, 0.1) is 11.0 Å². The quantitative estimate of drug-likeness (QED) is 0.859. The first-order valence-electron chi connectivity index (χ1n) is 7.70. The highest BCUT2D eigenvalue weighted by Gasteiger charge is 2.21. The van der Waals surface area contributed by atoms with E-state index in [9.17, 15) is 4.79 Å². The molecule has 120 valence electrons. The number of aromatic nitrogens is 2. The smallest absolute Gasteiger partial charge is 0.222 e. The van der Waals surface area contributed by atoms with Crippen molar-refractivity contribution in [3.63, 3.8) is 0 Å². The van der Waals surface area contributed by atoms with Crippen molar-refractivity contribution in [1.82, 2.24) is 14.9 Å². The van der Waals surface area contributed by atoms with Crippen molar-refractivity contribution in [3.05, 3.63) is 29.6 Å². The van der Waals surface area contributed by atoms with E-state index in [0.717, 1.165) is 22.4 Å². The van der Waals surface area contributed by atoms with Gasteiger partial charge in [0.25, 0.3) is 0 Å². The van der Waals surface area contributed by atoms with Crippen LogP contribution in [-0.2, 0) is 11.2 Å². The predicted octanol–water partition coefficient (Wildman–Crippen LogP) is 2.25. The SMILES string of the molecule is Cc1cccc2[nH]c(CCC(=O)N(C)CC(C)(C)CN)nc12. The second-order valence-electron chi connectivity index (χ2n) is 6.77. The Bertz CT molecular complexity index is 660. The molecule has 2 aromatic rings. The Hall–Kier alpha value is -1.88. The molecule has 3 N–H and O–H groups in total. The van der Waals surface area contributed by atoms with Gasteiger partial charge in [0.15, 0.2) is 0 Å². The maximum absolute atomic E-state index is 12.2. The van der Waals surface area contributed by atoms with Crippen LogP contribution in [0.2, 0.25) is 0 Å². The molecule has 22 heavy (non-hydrogen) atoms. The Morgan fingerprint density at radius 1 is 1.41 bits per heavy atom. The zero-order chi connectivity index (χ0) is 16.3. The van der Waals surface area contributed by atoms with E-state index in [1.165, 1.54) is 0 Å². The molecule has 2 rings (SSSR count).